The topological polar surface area (TPSA) is 12.0 Å². The summed E-state index contributed by atoms with van der Waals surface area (Å²) in [6.45, 7) is 5.74. The van der Waals surface area contributed by atoms with Crippen LogP contribution in [0.5, 0.6) is 0 Å². The summed E-state index contributed by atoms with van der Waals surface area (Å²) in [6.07, 6.45) is 0. The van der Waals surface area contributed by atoms with Gasteiger partial charge >= 0.3 is 0 Å². The summed E-state index contributed by atoms with van der Waals surface area (Å²) in [7, 11) is 1.77. The van der Waals surface area contributed by atoms with Gasteiger partial charge in [0.25, 0.3) is 0 Å². The highest BCUT2D eigenvalue weighted by Crippen LogP contribution is 2.12. The molecule has 1 N–H and O–H groups in total. The lowest BCUT2D eigenvalue weighted by Gasteiger charge is -2.00. The molecule has 0 aromatic heterocycles. The molecule has 1 nitrogen and oxygen atoms in total. The van der Waals surface area contributed by atoms with Crippen LogP contribution in [0, 0.1) is 12.7 Å². The summed E-state index contributed by atoms with van der Waals surface area (Å²) in [5.74, 6) is -0.160. The van der Waals surface area contributed by atoms with Gasteiger partial charge in [-0.05, 0) is 24.6 Å². The van der Waals surface area contributed by atoms with Gasteiger partial charge in [-0.1, -0.05) is 19.9 Å². The van der Waals surface area contributed by atoms with Gasteiger partial charge in [-0.25, -0.2) is 4.39 Å². The third-order valence-electron chi connectivity index (χ3n) is 1.46. The fraction of sp³-hybridized carbons (Fsp3) is 0.400. The molecule has 12 heavy (non-hydrogen) atoms. The third kappa shape index (κ3) is 2.91. The molecule has 0 aliphatic carbocycles. The minimum absolute atomic E-state index is 0.160. The van der Waals surface area contributed by atoms with Crippen molar-refractivity contribution in [1.29, 1.82) is 0 Å². The van der Waals surface area contributed by atoms with Gasteiger partial charge in [0.05, 0.1) is 0 Å². The van der Waals surface area contributed by atoms with Crippen molar-refractivity contribution in [3.63, 3.8) is 0 Å². The molecule has 0 aliphatic rings. The Balaban J connectivity index is 0.000000561. The van der Waals surface area contributed by atoms with Crippen LogP contribution in [0.3, 0.4) is 0 Å². The minimum atomic E-state index is -0.160. The maximum atomic E-state index is 12.7. The second-order valence-electron chi connectivity index (χ2n) is 2.21. The maximum Gasteiger partial charge on any atom is 0.128 e. The van der Waals surface area contributed by atoms with E-state index < -0.39 is 0 Å². The molecule has 0 spiro atoms. The molecule has 0 amide bonds. The monoisotopic (exact) mass is 169 g/mol. The zero-order valence-corrected chi connectivity index (χ0v) is 8.11. The van der Waals surface area contributed by atoms with E-state index in [1.807, 2.05) is 19.9 Å². The molecule has 1 rings (SSSR count). The first kappa shape index (κ1) is 11.0. The number of rotatable bonds is 1. The van der Waals surface area contributed by atoms with Crippen LogP contribution in [0.1, 0.15) is 19.4 Å². The van der Waals surface area contributed by atoms with Crippen LogP contribution < -0.4 is 5.32 Å². The van der Waals surface area contributed by atoms with Gasteiger partial charge in [0, 0.05) is 12.7 Å². The van der Waals surface area contributed by atoms with Gasteiger partial charge in [-0.3, -0.25) is 0 Å². The van der Waals surface area contributed by atoms with E-state index in [0.717, 1.165) is 5.69 Å². The Bertz CT molecular complexity index is 233. The Morgan fingerprint density at radius 3 is 2.25 bits per heavy atom. The summed E-state index contributed by atoms with van der Waals surface area (Å²) in [5.41, 5.74) is 1.49. The lowest BCUT2D eigenvalue weighted by molar-refractivity contribution is 0.619. The lowest BCUT2D eigenvalue weighted by Crippen LogP contribution is -1.89. The highest BCUT2D eigenvalue weighted by Gasteiger charge is 1.95. The highest BCUT2D eigenvalue weighted by molar-refractivity contribution is 5.44. The van der Waals surface area contributed by atoms with Crippen LogP contribution in [0.4, 0.5) is 10.1 Å². The minimum Gasteiger partial charge on any atom is -0.388 e. The second kappa shape index (κ2) is 5.58. The Labute approximate surface area is 73.6 Å². The smallest absolute Gasteiger partial charge is 0.128 e. The van der Waals surface area contributed by atoms with Crippen LogP contribution in [0.15, 0.2) is 18.2 Å². The van der Waals surface area contributed by atoms with Crippen LogP contribution in [-0.4, -0.2) is 7.05 Å². The van der Waals surface area contributed by atoms with Crippen molar-refractivity contribution in [1.82, 2.24) is 0 Å². The molecule has 0 atom stereocenters. The first-order valence-corrected chi connectivity index (χ1v) is 4.18. The lowest BCUT2D eigenvalue weighted by atomic mass is 10.2. The molecule has 0 radical (unpaired) electrons. The van der Waals surface area contributed by atoms with Gasteiger partial charge in [-0.15, -0.1) is 0 Å². The van der Waals surface area contributed by atoms with E-state index in [4.69, 9.17) is 0 Å². The van der Waals surface area contributed by atoms with Gasteiger partial charge in [0.1, 0.15) is 5.82 Å². The van der Waals surface area contributed by atoms with Gasteiger partial charge < -0.3 is 5.32 Å². The largest absolute Gasteiger partial charge is 0.388 e. The maximum absolute atomic E-state index is 12.7. The van der Waals surface area contributed by atoms with Crippen molar-refractivity contribution in [2.45, 2.75) is 20.8 Å². The molecular formula is C10H16FN. The van der Waals surface area contributed by atoms with E-state index in [-0.39, 0.29) is 5.82 Å². The van der Waals surface area contributed by atoms with E-state index in [2.05, 4.69) is 5.32 Å². The van der Waals surface area contributed by atoms with E-state index >= 15 is 0 Å². The fourth-order valence-electron chi connectivity index (χ4n) is 0.748. The number of nitrogens with one attached hydrogen (secondary N) is 1. The van der Waals surface area contributed by atoms with Gasteiger partial charge in [-0.2, -0.15) is 0 Å². The average molecular weight is 169 g/mol. The van der Waals surface area contributed by atoms with E-state index in [9.17, 15) is 4.39 Å². The molecule has 0 saturated carbocycles. The van der Waals surface area contributed by atoms with Crippen LogP contribution in [-0.2, 0) is 0 Å². The number of hydrogen-bond acceptors (Lipinski definition) is 1. The van der Waals surface area contributed by atoms with Crippen molar-refractivity contribution in [2.24, 2.45) is 0 Å². The van der Waals surface area contributed by atoms with Gasteiger partial charge in [0.2, 0.25) is 0 Å². The second-order valence-corrected chi connectivity index (χ2v) is 2.21. The Kier molecular flexibility index (Phi) is 5.09. The zero-order valence-electron chi connectivity index (χ0n) is 8.11. The summed E-state index contributed by atoms with van der Waals surface area (Å²) in [6, 6.07) is 5.08. The molecular weight excluding hydrogens is 153 g/mol. The van der Waals surface area contributed by atoms with Crippen molar-refractivity contribution in [3.8, 4) is 0 Å². The predicted octanol–water partition coefficient (Wildman–Crippen LogP) is 3.20. The molecule has 0 bridgehead atoms. The quantitative estimate of drug-likeness (QED) is 0.680. The Hall–Kier alpha value is -1.05. The summed E-state index contributed by atoms with van der Waals surface area (Å²) >= 11 is 0. The Morgan fingerprint density at radius 2 is 1.83 bits per heavy atom. The number of aryl methyl sites for hydroxylation is 1. The molecule has 0 aliphatic heterocycles. The number of anilines is 1. The van der Waals surface area contributed by atoms with Gasteiger partial charge in [0.15, 0.2) is 0 Å². The number of hydrogen-bond donors (Lipinski definition) is 1. The summed E-state index contributed by atoms with van der Waals surface area (Å²) in [4.78, 5) is 0. The number of benzene rings is 1. The normalized spacial score (nSPS) is 8.42. The van der Waals surface area contributed by atoms with Crippen LogP contribution in [0.2, 0.25) is 0 Å². The number of halogens is 1. The molecule has 0 unspecified atom stereocenters. The molecule has 0 heterocycles. The highest BCUT2D eigenvalue weighted by atomic mass is 19.1. The Morgan fingerprint density at radius 1 is 1.25 bits per heavy atom. The first-order chi connectivity index (χ1) is 5.74. The third-order valence-corrected chi connectivity index (χ3v) is 1.46. The van der Waals surface area contributed by atoms with Crippen molar-refractivity contribution in [3.05, 3.63) is 29.6 Å². The molecule has 2 heteroatoms. The van der Waals surface area contributed by atoms with E-state index in [0.29, 0.717) is 5.56 Å². The standard InChI is InChI=1S/C8H10FN.C2H6/c1-6-3-4-7(10-2)5-8(6)9;1-2/h3-5,10H,1-2H3;1-2H3. The SMILES string of the molecule is CC.CNc1ccc(C)c(F)c1. The molecule has 1 aromatic carbocycles. The molecule has 1 aromatic rings. The molecule has 0 saturated heterocycles. The summed E-state index contributed by atoms with van der Waals surface area (Å²) < 4.78 is 12.7. The van der Waals surface area contributed by atoms with Crippen molar-refractivity contribution < 1.29 is 4.39 Å². The molecule has 68 valence electrons. The van der Waals surface area contributed by atoms with Crippen molar-refractivity contribution in [2.75, 3.05) is 12.4 Å². The van der Waals surface area contributed by atoms with Crippen LogP contribution >= 0.6 is 0 Å². The van der Waals surface area contributed by atoms with E-state index in [1.165, 1.54) is 6.07 Å². The zero-order chi connectivity index (χ0) is 9.56. The van der Waals surface area contributed by atoms with E-state index in [1.54, 1.807) is 20.0 Å². The summed E-state index contributed by atoms with van der Waals surface area (Å²) in [5, 5.41) is 2.86. The van der Waals surface area contributed by atoms with Crippen molar-refractivity contribution >= 4 is 5.69 Å². The van der Waals surface area contributed by atoms with Crippen LogP contribution in [0.25, 0.3) is 0 Å². The fourth-order valence-corrected chi connectivity index (χ4v) is 0.748. The average Bonchev–Trinajstić information content (AvgIpc) is 2.13. The predicted molar refractivity (Wildman–Crippen MR) is 52.0 cm³/mol. The first-order valence-electron chi connectivity index (χ1n) is 4.18. The molecule has 0 fully saturated rings.